The molecule has 0 saturated heterocycles. The first-order valence-electron chi connectivity index (χ1n) is 8.12. The molecule has 4 rings (SSSR count). The van der Waals surface area contributed by atoms with Crippen molar-refractivity contribution in [3.05, 3.63) is 90.3 Å². The molecule has 122 valence electrons. The topological polar surface area (TPSA) is 46.4 Å². The Kier molecular flexibility index (Phi) is 3.78. The second-order valence-electron chi connectivity index (χ2n) is 5.94. The number of aryl methyl sites for hydroxylation is 1. The number of pyridine rings is 1. The number of carbonyl (C=O) groups excluding carboxylic acids is 1. The van der Waals surface area contributed by atoms with Crippen LogP contribution >= 0.6 is 0 Å². The molecule has 0 unspecified atom stereocenters. The van der Waals surface area contributed by atoms with Crippen molar-refractivity contribution >= 4 is 17.2 Å². The zero-order chi connectivity index (χ0) is 17.2. The van der Waals surface area contributed by atoms with E-state index in [2.05, 4.69) is 10.3 Å². The number of nitrogens with zero attached hydrogens (tertiary/aromatic N) is 2. The zero-order valence-electron chi connectivity index (χ0n) is 13.8. The zero-order valence-corrected chi connectivity index (χ0v) is 13.8. The summed E-state index contributed by atoms with van der Waals surface area (Å²) in [5.41, 5.74) is 5.20. The summed E-state index contributed by atoms with van der Waals surface area (Å²) < 4.78 is 1.88. The Hall–Kier alpha value is -3.40. The number of hydrogen-bond acceptors (Lipinski definition) is 2. The molecule has 0 aliphatic rings. The van der Waals surface area contributed by atoms with Crippen molar-refractivity contribution in [3.8, 4) is 11.3 Å². The minimum Gasteiger partial charge on any atom is -0.322 e. The van der Waals surface area contributed by atoms with E-state index in [1.54, 1.807) is 6.07 Å². The molecule has 0 saturated carbocycles. The number of aromatic nitrogens is 2. The van der Waals surface area contributed by atoms with Crippen LogP contribution in [-0.4, -0.2) is 15.3 Å². The van der Waals surface area contributed by atoms with E-state index in [4.69, 9.17) is 0 Å². The van der Waals surface area contributed by atoms with Crippen molar-refractivity contribution in [2.45, 2.75) is 6.92 Å². The van der Waals surface area contributed by atoms with Crippen LogP contribution in [0.15, 0.2) is 79.1 Å². The largest absolute Gasteiger partial charge is 0.322 e. The number of amides is 1. The molecular weight excluding hydrogens is 310 g/mol. The van der Waals surface area contributed by atoms with Gasteiger partial charge in [0.2, 0.25) is 0 Å². The van der Waals surface area contributed by atoms with E-state index in [9.17, 15) is 4.79 Å². The predicted molar refractivity (Wildman–Crippen MR) is 99.8 cm³/mol. The molecular formula is C21H17N3O. The third kappa shape index (κ3) is 3.02. The SMILES string of the molecule is Cc1ccccc1NC(=O)c1ccc2nc(-c3ccccc3)cn2c1. The minimum absolute atomic E-state index is 0.133. The number of carbonyl (C=O) groups is 1. The van der Waals surface area contributed by atoms with Gasteiger partial charge in [-0.15, -0.1) is 0 Å². The van der Waals surface area contributed by atoms with E-state index in [0.717, 1.165) is 28.2 Å². The van der Waals surface area contributed by atoms with Gasteiger partial charge in [0.15, 0.2) is 0 Å². The summed E-state index contributed by atoms with van der Waals surface area (Å²) in [6.07, 6.45) is 3.75. The first-order valence-corrected chi connectivity index (χ1v) is 8.12. The lowest BCUT2D eigenvalue weighted by molar-refractivity contribution is 0.102. The summed E-state index contributed by atoms with van der Waals surface area (Å²) >= 11 is 0. The van der Waals surface area contributed by atoms with Crippen LogP contribution in [0.3, 0.4) is 0 Å². The Bertz CT molecular complexity index is 1050. The van der Waals surface area contributed by atoms with E-state index in [1.807, 2.05) is 84.4 Å². The average Bonchev–Trinajstić information content (AvgIpc) is 3.07. The highest BCUT2D eigenvalue weighted by molar-refractivity contribution is 6.04. The lowest BCUT2D eigenvalue weighted by Crippen LogP contribution is -2.13. The highest BCUT2D eigenvalue weighted by Crippen LogP contribution is 2.20. The fraction of sp³-hybridized carbons (Fsp3) is 0.0476. The lowest BCUT2D eigenvalue weighted by Gasteiger charge is -2.08. The summed E-state index contributed by atoms with van der Waals surface area (Å²) in [6, 6.07) is 21.4. The van der Waals surface area contributed by atoms with Crippen molar-refractivity contribution in [3.63, 3.8) is 0 Å². The van der Waals surface area contributed by atoms with E-state index in [-0.39, 0.29) is 5.91 Å². The van der Waals surface area contributed by atoms with Crippen LogP contribution in [0.25, 0.3) is 16.9 Å². The van der Waals surface area contributed by atoms with Crippen molar-refractivity contribution < 1.29 is 4.79 Å². The van der Waals surface area contributed by atoms with Gasteiger partial charge in [-0.25, -0.2) is 4.98 Å². The summed E-state index contributed by atoms with van der Waals surface area (Å²) in [4.78, 5) is 17.2. The fourth-order valence-corrected chi connectivity index (χ4v) is 2.78. The number of nitrogens with one attached hydrogen (secondary N) is 1. The highest BCUT2D eigenvalue weighted by atomic mass is 16.1. The number of anilines is 1. The molecule has 0 fully saturated rings. The molecule has 2 aromatic heterocycles. The highest BCUT2D eigenvalue weighted by Gasteiger charge is 2.10. The molecule has 1 amide bonds. The molecule has 0 bridgehead atoms. The molecule has 4 aromatic rings. The Morgan fingerprint density at radius 3 is 2.48 bits per heavy atom. The molecule has 0 radical (unpaired) electrons. The number of benzene rings is 2. The van der Waals surface area contributed by atoms with Gasteiger partial charge >= 0.3 is 0 Å². The van der Waals surface area contributed by atoms with E-state index >= 15 is 0 Å². The second-order valence-corrected chi connectivity index (χ2v) is 5.94. The number of para-hydroxylation sites is 1. The molecule has 0 atom stereocenters. The molecule has 0 spiro atoms. The smallest absolute Gasteiger partial charge is 0.257 e. The van der Waals surface area contributed by atoms with Gasteiger partial charge in [0, 0.05) is 23.6 Å². The van der Waals surface area contributed by atoms with Crippen LogP contribution in [0.2, 0.25) is 0 Å². The first kappa shape index (κ1) is 15.1. The third-order valence-corrected chi connectivity index (χ3v) is 4.18. The van der Waals surface area contributed by atoms with Gasteiger partial charge in [0.1, 0.15) is 5.65 Å². The third-order valence-electron chi connectivity index (χ3n) is 4.18. The van der Waals surface area contributed by atoms with Gasteiger partial charge in [-0.2, -0.15) is 0 Å². The lowest BCUT2D eigenvalue weighted by atomic mass is 10.2. The van der Waals surface area contributed by atoms with Crippen molar-refractivity contribution in [2.24, 2.45) is 0 Å². The molecule has 4 heteroatoms. The van der Waals surface area contributed by atoms with E-state index in [0.29, 0.717) is 5.56 Å². The normalized spacial score (nSPS) is 10.8. The number of rotatable bonds is 3. The quantitative estimate of drug-likeness (QED) is 0.599. The molecule has 4 nitrogen and oxygen atoms in total. The standard InChI is InChI=1S/C21H17N3O/c1-15-7-5-6-10-18(15)23-21(25)17-11-12-20-22-19(14-24(20)13-17)16-8-3-2-4-9-16/h2-14H,1H3,(H,23,25). The molecule has 1 N–H and O–H groups in total. The maximum absolute atomic E-state index is 12.5. The summed E-state index contributed by atoms with van der Waals surface area (Å²) in [5, 5.41) is 2.96. The molecule has 2 aromatic carbocycles. The maximum atomic E-state index is 12.5. The Morgan fingerprint density at radius 2 is 1.68 bits per heavy atom. The summed E-state index contributed by atoms with van der Waals surface area (Å²) in [6.45, 7) is 1.97. The first-order chi connectivity index (χ1) is 12.2. The van der Waals surface area contributed by atoms with Crippen LogP contribution in [0, 0.1) is 6.92 Å². The van der Waals surface area contributed by atoms with Crippen LogP contribution in [0.5, 0.6) is 0 Å². The van der Waals surface area contributed by atoms with Gasteiger partial charge < -0.3 is 9.72 Å². The summed E-state index contributed by atoms with van der Waals surface area (Å²) in [5.74, 6) is -0.133. The van der Waals surface area contributed by atoms with Crippen LogP contribution in [-0.2, 0) is 0 Å². The second kappa shape index (κ2) is 6.24. The van der Waals surface area contributed by atoms with Gasteiger partial charge in [-0.3, -0.25) is 4.79 Å². The van der Waals surface area contributed by atoms with Crippen molar-refractivity contribution in [2.75, 3.05) is 5.32 Å². The minimum atomic E-state index is -0.133. The van der Waals surface area contributed by atoms with Crippen LogP contribution in [0.1, 0.15) is 15.9 Å². The monoisotopic (exact) mass is 327 g/mol. The molecule has 2 heterocycles. The Labute approximate surface area is 145 Å². The van der Waals surface area contributed by atoms with Crippen LogP contribution < -0.4 is 5.32 Å². The molecule has 25 heavy (non-hydrogen) atoms. The number of imidazole rings is 1. The van der Waals surface area contributed by atoms with Gasteiger partial charge in [-0.05, 0) is 30.7 Å². The molecule has 0 aliphatic carbocycles. The Morgan fingerprint density at radius 1 is 0.920 bits per heavy atom. The van der Waals surface area contributed by atoms with Crippen LogP contribution in [0.4, 0.5) is 5.69 Å². The number of hydrogen-bond donors (Lipinski definition) is 1. The molecule has 0 aliphatic heterocycles. The number of fused-ring (bicyclic) bond motifs is 1. The fourth-order valence-electron chi connectivity index (χ4n) is 2.78. The Balaban J connectivity index is 1.65. The average molecular weight is 327 g/mol. The predicted octanol–water partition coefficient (Wildman–Crippen LogP) is 4.56. The van der Waals surface area contributed by atoms with Crippen molar-refractivity contribution in [1.82, 2.24) is 9.38 Å². The van der Waals surface area contributed by atoms with Crippen molar-refractivity contribution in [1.29, 1.82) is 0 Å². The van der Waals surface area contributed by atoms with E-state index in [1.165, 1.54) is 0 Å². The van der Waals surface area contributed by atoms with Gasteiger partial charge in [0.05, 0.1) is 11.3 Å². The maximum Gasteiger partial charge on any atom is 0.257 e. The summed E-state index contributed by atoms with van der Waals surface area (Å²) in [7, 11) is 0. The van der Waals surface area contributed by atoms with Gasteiger partial charge in [-0.1, -0.05) is 48.5 Å². The van der Waals surface area contributed by atoms with Gasteiger partial charge in [0.25, 0.3) is 5.91 Å². The van der Waals surface area contributed by atoms with E-state index < -0.39 is 0 Å².